The molecule has 0 aromatic rings. The van der Waals surface area contributed by atoms with Gasteiger partial charge in [0.15, 0.2) is 10.6 Å². The number of hydrogen-bond donors (Lipinski definition) is 0. The standard InChI is InChI=1S/C8H6Cl2N2O/c9-8(10)7(13)5-1-3-6(12-11)4-2-5/h1-3,8H,4H2. The lowest BCUT2D eigenvalue weighted by Gasteiger charge is -2.03. The first kappa shape index (κ1) is 10.2. The summed E-state index contributed by atoms with van der Waals surface area (Å²) >= 11 is 10.8. The van der Waals surface area contributed by atoms with Crippen LogP contribution < -0.4 is 0 Å². The third kappa shape index (κ3) is 2.52. The Balaban J connectivity index is 2.79. The Morgan fingerprint density at radius 2 is 2.23 bits per heavy atom. The number of alkyl halides is 2. The lowest BCUT2D eigenvalue weighted by atomic mass is 10.0. The molecule has 0 bridgehead atoms. The highest BCUT2D eigenvalue weighted by molar-refractivity contribution is 6.55. The van der Waals surface area contributed by atoms with Crippen molar-refractivity contribution < 1.29 is 9.58 Å². The van der Waals surface area contributed by atoms with Crippen LogP contribution in [0.2, 0.25) is 0 Å². The fourth-order valence-corrected chi connectivity index (χ4v) is 1.17. The molecule has 1 rings (SSSR count). The van der Waals surface area contributed by atoms with Crippen LogP contribution in [0.15, 0.2) is 23.8 Å². The molecule has 68 valence electrons. The molecule has 0 N–H and O–H groups in total. The highest BCUT2D eigenvalue weighted by Crippen LogP contribution is 2.15. The van der Waals surface area contributed by atoms with E-state index in [0.717, 1.165) is 0 Å². The van der Waals surface area contributed by atoms with Gasteiger partial charge in [-0.25, -0.2) is 0 Å². The molecule has 3 nitrogen and oxygen atoms in total. The second-order valence-corrected chi connectivity index (χ2v) is 3.55. The Morgan fingerprint density at radius 3 is 2.62 bits per heavy atom. The first-order valence-electron chi connectivity index (χ1n) is 3.56. The average molecular weight is 217 g/mol. The monoisotopic (exact) mass is 216 g/mol. The highest BCUT2D eigenvalue weighted by Gasteiger charge is 2.18. The number of rotatable bonds is 2. The van der Waals surface area contributed by atoms with Gasteiger partial charge in [0.25, 0.3) is 5.71 Å². The zero-order chi connectivity index (χ0) is 9.84. The van der Waals surface area contributed by atoms with E-state index in [1.54, 1.807) is 12.2 Å². The molecule has 0 fully saturated rings. The summed E-state index contributed by atoms with van der Waals surface area (Å²) in [6, 6.07) is 0. The Hall–Kier alpha value is -0.890. The molecule has 0 unspecified atom stereocenters. The van der Waals surface area contributed by atoms with E-state index in [1.807, 2.05) is 0 Å². The van der Waals surface area contributed by atoms with Gasteiger partial charge in [-0.1, -0.05) is 29.3 Å². The fourth-order valence-electron chi connectivity index (χ4n) is 0.919. The third-order valence-corrected chi connectivity index (χ3v) is 1.99. The van der Waals surface area contributed by atoms with Crippen molar-refractivity contribution >= 4 is 34.7 Å². The van der Waals surface area contributed by atoms with Crippen LogP contribution in [-0.2, 0) is 4.79 Å². The molecule has 5 heteroatoms. The van der Waals surface area contributed by atoms with Gasteiger partial charge >= 0.3 is 0 Å². The van der Waals surface area contributed by atoms with Crippen molar-refractivity contribution in [2.75, 3.05) is 0 Å². The van der Waals surface area contributed by atoms with Crippen molar-refractivity contribution in [2.45, 2.75) is 11.3 Å². The maximum atomic E-state index is 11.2. The molecule has 0 aromatic heterocycles. The molecule has 0 saturated heterocycles. The van der Waals surface area contributed by atoms with Crippen molar-refractivity contribution in [1.29, 1.82) is 0 Å². The molecule has 0 heterocycles. The molecule has 0 aromatic carbocycles. The molecular weight excluding hydrogens is 211 g/mol. The van der Waals surface area contributed by atoms with Crippen LogP contribution in [0.1, 0.15) is 6.42 Å². The Kier molecular flexibility index (Phi) is 3.43. The molecule has 0 aliphatic heterocycles. The van der Waals surface area contributed by atoms with Crippen molar-refractivity contribution in [1.82, 2.24) is 0 Å². The van der Waals surface area contributed by atoms with Crippen molar-refractivity contribution in [3.05, 3.63) is 29.3 Å². The van der Waals surface area contributed by atoms with Gasteiger partial charge in [0, 0.05) is 11.6 Å². The summed E-state index contributed by atoms with van der Waals surface area (Å²) in [5, 5.41) is 0. The molecule has 0 radical (unpaired) electrons. The predicted octanol–water partition coefficient (Wildman–Crippen LogP) is 1.92. The molecule has 1 aliphatic rings. The van der Waals surface area contributed by atoms with Gasteiger partial charge in [0.2, 0.25) is 0 Å². The minimum absolute atomic E-state index is 0.337. The van der Waals surface area contributed by atoms with Gasteiger partial charge in [-0.3, -0.25) is 4.79 Å². The summed E-state index contributed by atoms with van der Waals surface area (Å²) in [6.07, 6.45) is 5.10. The lowest BCUT2D eigenvalue weighted by Crippen LogP contribution is -2.12. The number of Topliss-reactive ketones (excluding diaryl/α,β-unsaturated/α-hetero) is 1. The number of carbonyl (C=O) groups is 1. The zero-order valence-corrected chi connectivity index (χ0v) is 8.09. The topological polar surface area (TPSA) is 53.5 Å². The van der Waals surface area contributed by atoms with Crippen LogP contribution in [0.4, 0.5) is 0 Å². The summed E-state index contributed by atoms with van der Waals surface area (Å²) in [7, 11) is 0. The predicted molar refractivity (Wildman–Crippen MR) is 51.0 cm³/mol. The number of nitrogens with zero attached hydrogens (tertiary/aromatic N) is 2. The van der Waals surface area contributed by atoms with E-state index < -0.39 is 4.84 Å². The van der Waals surface area contributed by atoms with Crippen LogP contribution >= 0.6 is 23.2 Å². The van der Waals surface area contributed by atoms with Gasteiger partial charge in [-0.15, -0.1) is 0 Å². The quantitative estimate of drug-likeness (QED) is 0.396. The fraction of sp³-hybridized carbons (Fsp3) is 0.250. The molecule has 0 atom stereocenters. The Morgan fingerprint density at radius 1 is 1.54 bits per heavy atom. The number of carbonyl (C=O) groups excluding carboxylic acids is 1. The maximum Gasteiger partial charge on any atom is 0.295 e. The molecule has 0 amide bonds. The average Bonchev–Trinajstić information content (AvgIpc) is 2.17. The zero-order valence-electron chi connectivity index (χ0n) is 6.58. The summed E-state index contributed by atoms with van der Waals surface area (Å²) in [6.45, 7) is 0. The molecule has 1 aliphatic carbocycles. The van der Waals surface area contributed by atoms with Crippen LogP contribution in [0.25, 0.3) is 5.53 Å². The number of halogens is 2. The van der Waals surface area contributed by atoms with Crippen LogP contribution in [0, 0.1) is 0 Å². The summed E-state index contributed by atoms with van der Waals surface area (Å²) in [5.74, 6) is -0.337. The van der Waals surface area contributed by atoms with Crippen LogP contribution in [0.3, 0.4) is 0 Å². The second kappa shape index (κ2) is 4.38. The lowest BCUT2D eigenvalue weighted by molar-refractivity contribution is -0.113. The maximum absolute atomic E-state index is 11.2. The van der Waals surface area contributed by atoms with Gasteiger partial charge in [-0.05, 0) is 6.08 Å². The van der Waals surface area contributed by atoms with Crippen LogP contribution in [0.5, 0.6) is 0 Å². The summed E-state index contributed by atoms with van der Waals surface area (Å²) in [4.78, 5) is 13.2. The Labute approximate surface area is 85.3 Å². The van der Waals surface area contributed by atoms with Gasteiger partial charge in [0.05, 0.1) is 6.42 Å². The van der Waals surface area contributed by atoms with Crippen LogP contribution in [-0.4, -0.2) is 21.1 Å². The van der Waals surface area contributed by atoms with E-state index in [4.69, 9.17) is 28.7 Å². The normalized spacial score (nSPS) is 15.6. The summed E-state index contributed by atoms with van der Waals surface area (Å²) in [5.41, 5.74) is 9.34. The molecule has 0 saturated carbocycles. The minimum Gasteiger partial charge on any atom is -0.361 e. The van der Waals surface area contributed by atoms with E-state index in [0.29, 0.717) is 17.7 Å². The van der Waals surface area contributed by atoms with E-state index in [1.165, 1.54) is 6.08 Å². The molecule has 13 heavy (non-hydrogen) atoms. The Bertz CT molecular complexity index is 338. The van der Waals surface area contributed by atoms with Crippen molar-refractivity contribution in [3.63, 3.8) is 0 Å². The minimum atomic E-state index is -1.04. The van der Waals surface area contributed by atoms with Gasteiger partial charge in [0.1, 0.15) is 0 Å². The number of allylic oxidation sites excluding steroid dienone is 4. The largest absolute Gasteiger partial charge is 0.361 e. The number of ketones is 1. The van der Waals surface area contributed by atoms with E-state index in [-0.39, 0.29) is 5.78 Å². The first-order chi connectivity index (χ1) is 6.15. The SMILES string of the molecule is [N-]=[N+]=C1C=CC(C(=O)C(Cl)Cl)=CC1. The summed E-state index contributed by atoms with van der Waals surface area (Å²) < 4.78 is 0. The second-order valence-electron chi connectivity index (χ2n) is 2.45. The third-order valence-electron chi connectivity index (χ3n) is 1.60. The molecular formula is C8H6Cl2N2O. The van der Waals surface area contributed by atoms with Crippen molar-refractivity contribution in [2.24, 2.45) is 0 Å². The van der Waals surface area contributed by atoms with E-state index in [9.17, 15) is 4.79 Å². The number of hydrogen-bond acceptors (Lipinski definition) is 1. The molecule has 0 spiro atoms. The van der Waals surface area contributed by atoms with Gasteiger partial charge < -0.3 is 5.53 Å². The van der Waals surface area contributed by atoms with E-state index in [2.05, 4.69) is 4.79 Å². The first-order valence-corrected chi connectivity index (χ1v) is 4.44. The van der Waals surface area contributed by atoms with E-state index >= 15 is 0 Å². The van der Waals surface area contributed by atoms with Crippen molar-refractivity contribution in [3.8, 4) is 0 Å². The smallest absolute Gasteiger partial charge is 0.295 e. The van der Waals surface area contributed by atoms with Gasteiger partial charge in [-0.2, -0.15) is 4.79 Å². The highest BCUT2D eigenvalue weighted by atomic mass is 35.5.